The highest BCUT2D eigenvalue weighted by atomic mass is 79.9. The maximum Gasteiger partial charge on any atom is 0.255 e. The normalized spacial score (nSPS) is 12.7. The Morgan fingerprint density at radius 1 is 1.03 bits per heavy atom. The van der Waals surface area contributed by atoms with Crippen LogP contribution in [-0.4, -0.2) is 40.2 Å². The Balaban J connectivity index is 1.27. The topological polar surface area (TPSA) is 93.7 Å². The van der Waals surface area contributed by atoms with Crippen LogP contribution in [0, 0.1) is 0 Å². The molecular formula is C27H23BrN4O4S. The summed E-state index contributed by atoms with van der Waals surface area (Å²) in [5.41, 5.74) is 2.35. The molecule has 2 heterocycles. The van der Waals surface area contributed by atoms with Crippen molar-refractivity contribution in [1.82, 2.24) is 15.1 Å². The van der Waals surface area contributed by atoms with Crippen molar-refractivity contribution in [3.63, 3.8) is 0 Å². The predicted molar refractivity (Wildman–Crippen MR) is 145 cm³/mol. The van der Waals surface area contributed by atoms with Gasteiger partial charge in [-0.15, -0.1) is 10.2 Å². The van der Waals surface area contributed by atoms with Crippen molar-refractivity contribution in [2.45, 2.75) is 19.4 Å². The van der Waals surface area contributed by atoms with Gasteiger partial charge in [0.2, 0.25) is 17.8 Å². The fourth-order valence-corrected chi connectivity index (χ4v) is 5.21. The van der Waals surface area contributed by atoms with Gasteiger partial charge in [-0.3, -0.25) is 9.59 Å². The molecule has 0 unspecified atom stereocenters. The SMILES string of the molecule is C[C@@H](c1ccccc1)N(CCC(=O)Nc1nnc(-c2ccc3c(c2)OCO3)s1)C(=O)c1ccccc1Br. The van der Waals surface area contributed by atoms with Gasteiger partial charge in [0.15, 0.2) is 11.5 Å². The maximum absolute atomic E-state index is 13.5. The van der Waals surface area contributed by atoms with Gasteiger partial charge in [0.05, 0.1) is 11.6 Å². The van der Waals surface area contributed by atoms with Crippen LogP contribution in [-0.2, 0) is 4.79 Å². The second-order valence-electron chi connectivity index (χ2n) is 8.34. The van der Waals surface area contributed by atoms with Gasteiger partial charge in [-0.25, -0.2) is 0 Å². The zero-order chi connectivity index (χ0) is 25.8. The molecule has 0 fully saturated rings. The first kappa shape index (κ1) is 24.9. The van der Waals surface area contributed by atoms with E-state index in [2.05, 4.69) is 31.4 Å². The van der Waals surface area contributed by atoms with Gasteiger partial charge in [0.1, 0.15) is 5.01 Å². The first-order valence-electron chi connectivity index (χ1n) is 11.6. The fourth-order valence-electron chi connectivity index (χ4n) is 4.00. The Morgan fingerprint density at radius 3 is 2.59 bits per heavy atom. The highest BCUT2D eigenvalue weighted by Crippen LogP contribution is 2.37. The highest BCUT2D eigenvalue weighted by Gasteiger charge is 2.25. The standard InChI is InChI=1S/C27H23BrN4O4S/c1-17(18-7-3-2-4-8-18)32(26(34)20-9-5-6-10-21(20)28)14-13-24(33)29-27-31-30-25(37-27)19-11-12-22-23(15-19)36-16-35-22/h2-12,15,17H,13-14,16H2,1H3,(H,29,31,33)/t17-/m0/s1. The van der Waals surface area contributed by atoms with Crippen molar-refractivity contribution in [3.05, 3.63) is 88.4 Å². The number of carbonyl (C=O) groups is 2. The summed E-state index contributed by atoms with van der Waals surface area (Å²) in [6.07, 6.45) is 0.103. The number of aromatic nitrogens is 2. The lowest BCUT2D eigenvalue weighted by atomic mass is 10.0. The molecule has 0 radical (unpaired) electrons. The summed E-state index contributed by atoms with van der Waals surface area (Å²) in [6, 6.07) is 22.4. The summed E-state index contributed by atoms with van der Waals surface area (Å²) in [5.74, 6) is 0.935. The van der Waals surface area contributed by atoms with Gasteiger partial charge in [0.25, 0.3) is 5.91 Å². The largest absolute Gasteiger partial charge is 0.454 e. The number of fused-ring (bicyclic) bond motifs is 1. The molecule has 188 valence electrons. The summed E-state index contributed by atoms with van der Waals surface area (Å²) in [6.45, 7) is 2.39. The van der Waals surface area contributed by atoms with Crippen LogP contribution in [0.1, 0.15) is 35.3 Å². The van der Waals surface area contributed by atoms with E-state index in [9.17, 15) is 9.59 Å². The molecule has 8 nitrogen and oxygen atoms in total. The molecule has 10 heteroatoms. The Kier molecular flexibility index (Phi) is 7.47. The van der Waals surface area contributed by atoms with Crippen LogP contribution in [0.2, 0.25) is 0 Å². The van der Waals surface area contributed by atoms with E-state index < -0.39 is 0 Å². The number of hydrogen-bond acceptors (Lipinski definition) is 7. The number of hydrogen-bond donors (Lipinski definition) is 1. The van der Waals surface area contributed by atoms with Crippen molar-refractivity contribution in [1.29, 1.82) is 0 Å². The minimum absolute atomic E-state index is 0.103. The van der Waals surface area contributed by atoms with Crippen molar-refractivity contribution in [3.8, 4) is 22.1 Å². The molecule has 0 aliphatic carbocycles. The molecule has 1 atom stereocenters. The van der Waals surface area contributed by atoms with Crippen LogP contribution < -0.4 is 14.8 Å². The highest BCUT2D eigenvalue weighted by molar-refractivity contribution is 9.10. The molecular weight excluding hydrogens is 556 g/mol. The summed E-state index contributed by atoms with van der Waals surface area (Å²) in [5, 5.41) is 12.1. The number of halogens is 1. The van der Waals surface area contributed by atoms with Crippen molar-refractivity contribution in [2.24, 2.45) is 0 Å². The molecule has 1 aromatic heterocycles. The lowest BCUT2D eigenvalue weighted by Gasteiger charge is -2.30. The number of nitrogens with zero attached hydrogens (tertiary/aromatic N) is 3. The van der Waals surface area contributed by atoms with Crippen molar-refractivity contribution >= 4 is 44.2 Å². The molecule has 0 saturated carbocycles. The summed E-state index contributed by atoms with van der Waals surface area (Å²) in [4.78, 5) is 28.1. The minimum Gasteiger partial charge on any atom is -0.454 e. The summed E-state index contributed by atoms with van der Waals surface area (Å²) < 4.78 is 11.5. The monoisotopic (exact) mass is 578 g/mol. The quantitative estimate of drug-likeness (QED) is 0.278. The van der Waals surface area contributed by atoms with Crippen LogP contribution >= 0.6 is 27.3 Å². The third-order valence-electron chi connectivity index (χ3n) is 5.99. The van der Waals surface area contributed by atoms with E-state index in [1.807, 2.05) is 73.7 Å². The fraction of sp³-hybridized carbons (Fsp3) is 0.185. The second kappa shape index (κ2) is 11.1. The lowest BCUT2D eigenvalue weighted by Crippen LogP contribution is -2.36. The van der Waals surface area contributed by atoms with Crippen LogP contribution in [0.25, 0.3) is 10.6 Å². The zero-order valence-electron chi connectivity index (χ0n) is 19.9. The third kappa shape index (κ3) is 5.65. The lowest BCUT2D eigenvalue weighted by molar-refractivity contribution is -0.116. The average molecular weight is 579 g/mol. The molecule has 0 bridgehead atoms. The molecule has 2 amide bonds. The molecule has 0 spiro atoms. The molecule has 1 N–H and O–H groups in total. The first-order chi connectivity index (χ1) is 18.0. The van der Waals surface area contributed by atoms with Gasteiger partial charge in [-0.05, 0) is 58.7 Å². The van der Waals surface area contributed by atoms with E-state index in [1.165, 1.54) is 11.3 Å². The number of rotatable bonds is 8. The molecule has 1 aliphatic heterocycles. The number of amides is 2. The van der Waals surface area contributed by atoms with E-state index in [-0.39, 0.29) is 37.6 Å². The van der Waals surface area contributed by atoms with Crippen molar-refractivity contribution in [2.75, 3.05) is 18.7 Å². The van der Waals surface area contributed by atoms with Gasteiger partial charge in [-0.2, -0.15) is 0 Å². The number of carbonyl (C=O) groups excluding carboxylic acids is 2. The zero-order valence-corrected chi connectivity index (χ0v) is 22.3. The Bertz CT molecular complexity index is 1430. The Morgan fingerprint density at radius 2 is 1.78 bits per heavy atom. The van der Waals surface area contributed by atoms with Crippen LogP contribution in [0.5, 0.6) is 11.5 Å². The number of anilines is 1. The van der Waals surface area contributed by atoms with Crippen molar-refractivity contribution < 1.29 is 19.1 Å². The number of nitrogens with one attached hydrogen (secondary N) is 1. The Labute approximate surface area is 226 Å². The summed E-state index contributed by atoms with van der Waals surface area (Å²) >= 11 is 4.74. The van der Waals surface area contributed by atoms with Gasteiger partial charge in [0, 0.05) is 23.0 Å². The number of ether oxygens (including phenoxy) is 2. The summed E-state index contributed by atoms with van der Waals surface area (Å²) in [7, 11) is 0. The molecule has 1 aliphatic rings. The second-order valence-corrected chi connectivity index (χ2v) is 10.2. The third-order valence-corrected chi connectivity index (χ3v) is 7.56. The minimum atomic E-state index is -0.251. The molecule has 4 aromatic rings. The van der Waals surface area contributed by atoms with Crippen LogP contribution in [0.3, 0.4) is 0 Å². The van der Waals surface area contributed by atoms with Gasteiger partial charge >= 0.3 is 0 Å². The Hall–Kier alpha value is -3.76. The van der Waals surface area contributed by atoms with E-state index >= 15 is 0 Å². The van der Waals surface area contributed by atoms with E-state index in [4.69, 9.17) is 9.47 Å². The van der Waals surface area contributed by atoms with E-state index in [0.29, 0.717) is 31.7 Å². The van der Waals surface area contributed by atoms with Crippen LogP contribution in [0.4, 0.5) is 5.13 Å². The van der Waals surface area contributed by atoms with Crippen LogP contribution in [0.15, 0.2) is 77.3 Å². The predicted octanol–water partition coefficient (Wildman–Crippen LogP) is 5.93. The smallest absolute Gasteiger partial charge is 0.255 e. The van der Waals surface area contributed by atoms with E-state index in [1.54, 1.807) is 11.0 Å². The van der Waals surface area contributed by atoms with Gasteiger partial charge < -0.3 is 19.7 Å². The molecule has 0 saturated heterocycles. The molecule has 5 rings (SSSR count). The number of benzene rings is 3. The first-order valence-corrected chi connectivity index (χ1v) is 13.2. The molecule has 3 aromatic carbocycles. The van der Waals surface area contributed by atoms with Gasteiger partial charge in [-0.1, -0.05) is 53.8 Å². The maximum atomic E-state index is 13.5. The average Bonchev–Trinajstić information content (AvgIpc) is 3.58. The molecule has 37 heavy (non-hydrogen) atoms. The van der Waals surface area contributed by atoms with E-state index in [0.717, 1.165) is 11.1 Å².